The zero-order chi connectivity index (χ0) is 73.6. The van der Waals surface area contributed by atoms with E-state index in [1.54, 1.807) is 12.1 Å². The maximum absolute atomic E-state index is 15.0. The summed E-state index contributed by atoms with van der Waals surface area (Å²) in [6.07, 6.45) is -2.87. The van der Waals surface area contributed by atoms with Crippen LogP contribution in [0.1, 0.15) is 107 Å². The van der Waals surface area contributed by atoms with Crippen molar-refractivity contribution in [2.45, 2.75) is 193 Å². The Morgan fingerprint density at radius 1 is 0.706 bits per heavy atom. The summed E-state index contributed by atoms with van der Waals surface area (Å²) in [5.41, 5.74) is 2.38. The van der Waals surface area contributed by atoms with Crippen molar-refractivity contribution in [1.29, 1.82) is 0 Å². The number of aromatic hydroxyl groups is 1. The highest BCUT2D eigenvalue weighted by Crippen LogP contribution is 2.49. The van der Waals surface area contributed by atoms with Gasteiger partial charge in [0.1, 0.15) is 36.3 Å². The van der Waals surface area contributed by atoms with Gasteiger partial charge < -0.3 is 106 Å². The Kier molecular flexibility index (Phi) is 28.1. The normalized spacial score (nSPS) is 29.2. The molecule has 2 aliphatic carbocycles. The number of ether oxygens (including phenoxy) is 2. The molecule has 3 aromatic rings. The van der Waals surface area contributed by atoms with Gasteiger partial charge in [-0.1, -0.05) is 65.9 Å². The van der Waals surface area contributed by atoms with Gasteiger partial charge in [0.15, 0.2) is 11.5 Å². The molecular weight excluding hydrogens is 1350 g/mol. The molecule has 564 valence electrons. The first kappa shape index (κ1) is 79.2. The summed E-state index contributed by atoms with van der Waals surface area (Å²) in [6, 6.07) is 6.41. The maximum atomic E-state index is 15.0. The second-order valence-corrected chi connectivity index (χ2v) is 28.2. The van der Waals surface area contributed by atoms with Crippen LogP contribution >= 0.6 is 12.3 Å². The predicted octanol–water partition coefficient (Wildman–Crippen LogP) is -1.50. The van der Waals surface area contributed by atoms with Gasteiger partial charge in [0.25, 0.3) is 18.2 Å². The number of carbonyl (C=O) groups is 7. The van der Waals surface area contributed by atoms with Crippen LogP contribution in [0.2, 0.25) is 0 Å². The lowest BCUT2D eigenvalue weighted by Crippen LogP contribution is -2.64. The standard InChI is InChI=1S/C69H100N10O22S/c1-39-35-79-59(60(39)88)65(93)71-34-48(83)32-50(72-61(89)44-11-9-42(10-12-44)43-13-15-46(16-14-43)76-26-28-77(29-27-76)47-18-23-69(98-4,24-19-47)68(97-3)21-6-5-7-22-68)62(90)73-56(40(2)82)66(94)78-36-49(84)33-51(78)63(91)74-57(54(87)30-41-8-17-52(85)55(31-41)99-102-101-100-96)64(92)75-58(67(79)95)53(86)20-25-70-45(37-80)38-81/h8-17,31,39-40,45,47-51,53-54,56-60,70,80-88,96H,5-7,18-30,32-38H2,1-4H3,(H,71,93)(H,72,89)(H,73,90)(H,74,91)(H,75,92)/t39-,40+,47?,48+,49+,50-,51-,53+,54+,56-,57-,58-,59-,60-,69?/m0/s1. The van der Waals surface area contributed by atoms with Crippen LogP contribution in [0.25, 0.3) is 11.1 Å². The number of piperazine rings is 1. The minimum atomic E-state index is -2.16. The maximum Gasteiger partial charge on any atom is 0.261 e. The Hall–Kier alpha value is -6.90. The SMILES string of the molecule is COC1(C2(OC)CCC(N3CCN(c4ccc(-c5ccc(C(=O)N[C@H]6C[C@@H](O)CNC(=O)[C@@H]7[C@@H](O)[C@@H](C)CN7C(=O)[C@H]([C@H](O)CCNC(CO)CO)NC(=O)[C@H]([C@H](O)Cc7ccc(O)c(OSOOO)c7)NC(=O)[C@@H]7C[C@@H](O)CN7C(=O)[C@H]([C@@H](C)O)NC6=O)cc5)cc4)CC3)CC2)CCCCC1. The summed E-state index contributed by atoms with van der Waals surface area (Å²) < 4.78 is 22.1. The van der Waals surface area contributed by atoms with Gasteiger partial charge in [-0.3, -0.25) is 38.5 Å². The van der Waals surface area contributed by atoms with Crippen molar-refractivity contribution >= 4 is 59.4 Å². The third kappa shape index (κ3) is 18.8. The smallest absolute Gasteiger partial charge is 0.261 e. The van der Waals surface area contributed by atoms with E-state index in [9.17, 15) is 74.7 Å². The van der Waals surface area contributed by atoms with Gasteiger partial charge in [0.05, 0.1) is 67.1 Å². The van der Waals surface area contributed by atoms with Crippen molar-refractivity contribution in [1.82, 2.24) is 46.6 Å². The molecule has 0 bridgehead atoms. The number of phenolic OH excluding ortho intramolecular Hbond substituents is 1. The molecule has 3 aromatic carbocycles. The molecule has 0 unspecified atom stereocenters. The molecule has 4 saturated heterocycles. The molecule has 4 heterocycles. The number of anilines is 1. The van der Waals surface area contributed by atoms with Crippen LogP contribution in [-0.2, 0) is 54.0 Å². The first-order chi connectivity index (χ1) is 48.9. The van der Waals surface area contributed by atoms with Crippen molar-refractivity contribution in [3.8, 4) is 22.6 Å². The van der Waals surface area contributed by atoms with E-state index < -0.39 is 184 Å². The third-order valence-corrected chi connectivity index (χ3v) is 21.7. The van der Waals surface area contributed by atoms with Gasteiger partial charge in [-0.25, -0.2) is 5.26 Å². The van der Waals surface area contributed by atoms with E-state index in [1.165, 1.54) is 37.6 Å². The van der Waals surface area contributed by atoms with E-state index in [4.69, 9.17) is 18.9 Å². The largest absolute Gasteiger partial charge is 0.504 e. The number of methoxy groups -OCH3 is 2. The van der Waals surface area contributed by atoms with Crippen LogP contribution in [0.15, 0.2) is 66.7 Å². The van der Waals surface area contributed by atoms with Gasteiger partial charge >= 0.3 is 0 Å². The first-order valence-corrected chi connectivity index (χ1v) is 35.6. The number of rotatable bonds is 23. The van der Waals surface area contributed by atoms with E-state index in [0.29, 0.717) is 6.04 Å². The van der Waals surface area contributed by atoms with Crippen LogP contribution in [0.4, 0.5) is 5.69 Å². The van der Waals surface area contributed by atoms with Gasteiger partial charge in [0.2, 0.25) is 35.4 Å². The topological polar surface area (TPSA) is 453 Å². The number of phenols is 1. The van der Waals surface area contributed by atoms with Gasteiger partial charge in [-0.15, -0.1) is 0 Å². The fraction of sp³-hybridized carbons (Fsp3) is 0.638. The van der Waals surface area contributed by atoms with Crippen LogP contribution in [-0.4, -0.2) is 283 Å². The van der Waals surface area contributed by atoms with Gasteiger partial charge in [-0.05, 0) is 112 Å². The lowest BCUT2D eigenvalue weighted by Gasteiger charge is -2.54. The molecule has 13 atom stereocenters. The second kappa shape index (κ2) is 36.2. The number of aliphatic hydroxyl groups is 8. The van der Waals surface area contributed by atoms with Crippen molar-refractivity contribution in [2.24, 2.45) is 5.92 Å². The van der Waals surface area contributed by atoms with Crippen LogP contribution in [0, 0.1) is 5.92 Å². The Morgan fingerprint density at radius 3 is 1.95 bits per heavy atom. The summed E-state index contributed by atoms with van der Waals surface area (Å²) in [5.74, 6) is -9.49. The monoisotopic (exact) mass is 1450 g/mol. The number of fused-ring (bicyclic) bond motifs is 2. The van der Waals surface area contributed by atoms with E-state index >= 15 is 4.79 Å². The predicted molar refractivity (Wildman–Crippen MR) is 367 cm³/mol. The van der Waals surface area contributed by atoms with Crippen LogP contribution < -0.4 is 41.0 Å². The van der Waals surface area contributed by atoms with Gasteiger partial charge in [-0.2, -0.15) is 0 Å². The van der Waals surface area contributed by atoms with Crippen molar-refractivity contribution in [3.05, 3.63) is 77.9 Å². The summed E-state index contributed by atoms with van der Waals surface area (Å²) >= 11 is 0.0714. The van der Waals surface area contributed by atoms with Crippen molar-refractivity contribution < 1.29 is 108 Å². The molecule has 4 aliphatic heterocycles. The Bertz CT molecular complexity index is 3300. The molecule has 9 rings (SSSR count). The number of hydrogen-bond acceptors (Lipinski definition) is 26. The number of hydrogen-bond donors (Lipinski definition) is 16. The lowest BCUT2D eigenvalue weighted by atomic mass is 9.65. The number of nitrogens with zero attached hydrogens (tertiary/aromatic N) is 4. The highest BCUT2D eigenvalue weighted by atomic mass is 32.2. The molecule has 7 amide bonds. The van der Waals surface area contributed by atoms with E-state index in [-0.39, 0.29) is 53.5 Å². The second-order valence-electron chi connectivity index (χ2n) is 27.7. The Morgan fingerprint density at radius 2 is 1.32 bits per heavy atom. The van der Waals surface area contributed by atoms with Crippen LogP contribution in [0.5, 0.6) is 11.5 Å². The highest BCUT2D eigenvalue weighted by Gasteiger charge is 2.55. The molecule has 102 heavy (non-hydrogen) atoms. The molecule has 33 heteroatoms. The lowest BCUT2D eigenvalue weighted by molar-refractivity contribution is -0.433. The average molecular weight is 1450 g/mol. The summed E-state index contributed by atoms with van der Waals surface area (Å²) in [6.45, 7) is 3.33. The summed E-state index contributed by atoms with van der Waals surface area (Å²) in [7, 11) is 3.70. The summed E-state index contributed by atoms with van der Waals surface area (Å²) in [4.78, 5) is 109. The molecule has 16 N–H and O–H groups in total. The molecule has 2 saturated carbocycles. The number of amides is 7. The zero-order valence-electron chi connectivity index (χ0n) is 57.8. The molecule has 0 aromatic heterocycles. The molecular formula is C69H100N10O22S. The average Bonchev–Trinajstić information content (AvgIpc) is 0.909. The zero-order valence-corrected chi connectivity index (χ0v) is 58.7. The summed E-state index contributed by atoms with van der Waals surface area (Å²) in [5, 5.41) is 127. The Labute approximate surface area is 596 Å². The molecule has 0 spiro atoms. The number of nitrogens with one attached hydrogen (secondary N) is 6. The Balaban J connectivity index is 0.937. The van der Waals surface area contributed by atoms with Crippen LogP contribution in [0.3, 0.4) is 0 Å². The highest BCUT2D eigenvalue weighted by molar-refractivity contribution is 7.90. The first-order valence-electron chi connectivity index (χ1n) is 34.9. The minimum absolute atomic E-state index is 0.0674. The van der Waals surface area contributed by atoms with E-state index in [0.717, 1.165) is 117 Å². The van der Waals surface area contributed by atoms with Crippen molar-refractivity contribution in [2.75, 3.05) is 84.7 Å². The van der Waals surface area contributed by atoms with E-state index in [1.807, 2.05) is 26.4 Å². The number of aliphatic hydroxyl groups excluding tert-OH is 8. The fourth-order valence-corrected chi connectivity index (χ4v) is 15.7. The number of benzene rings is 3. The molecule has 32 nitrogen and oxygen atoms in total. The molecule has 6 fully saturated rings. The van der Waals surface area contributed by atoms with Gasteiger partial charge in [0, 0.05) is 103 Å². The molecule has 6 aliphatic rings. The quantitative estimate of drug-likeness (QED) is 0.0222. The number of β-amino-alcohol motifs (C(OH)–C–C–N with tert-alkyl or cyclic N) is 1. The third-order valence-electron chi connectivity index (χ3n) is 21.3. The minimum Gasteiger partial charge on any atom is -0.504 e. The molecule has 0 radical (unpaired) electrons. The fourth-order valence-electron chi connectivity index (χ4n) is 15.4. The van der Waals surface area contributed by atoms with Crippen molar-refractivity contribution in [3.63, 3.8) is 0 Å². The van der Waals surface area contributed by atoms with E-state index in [2.05, 4.69) is 63.2 Å². The number of carbonyl (C=O) groups excluding carboxylic acids is 7.